The summed E-state index contributed by atoms with van der Waals surface area (Å²) in [5.41, 5.74) is 6.19. The summed E-state index contributed by atoms with van der Waals surface area (Å²) >= 11 is 0. The van der Waals surface area contributed by atoms with E-state index in [1.165, 1.54) is 0 Å². The van der Waals surface area contributed by atoms with E-state index in [0.29, 0.717) is 11.2 Å². The molecule has 0 bridgehead atoms. The van der Waals surface area contributed by atoms with Crippen LogP contribution in [0, 0.1) is 5.41 Å². The van der Waals surface area contributed by atoms with Crippen LogP contribution < -0.4 is 11.3 Å². The number of H-pyrrole nitrogens is 2. The molecule has 0 saturated heterocycles. The summed E-state index contributed by atoms with van der Waals surface area (Å²) in [6.45, 7) is 6.50. The molecule has 0 spiro atoms. The van der Waals surface area contributed by atoms with Gasteiger partial charge in [-0.2, -0.15) is 4.98 Å². The van der Waals surface area contributed by atoms with Gasteiger partial charge in [-0.3, -0.25) is 9.78 Å². The lowest BCUT2D eigenvalue weighted by Crippen LogP contribution is -2.11. The lowest BCUT2D eigenvalue weighted by Gasteiger charge is -2.16. The van der Waals surface area contributed by atoms with E-state index in [9.17, 15) is 4.79 Å². The fourth-order valence-corrected chi connectivity index (χ4v) is 1.58. The van der Waals surface area contributed by atoms with Gasteiger partial charge >= 0.3 is 0 Å². The molecule has 2 heterocycles. The lowest BCUT2D eigenvalue weighted by molar-refractivity contribution is 0.375. The van der Waals surface area contributed by atoms with E-state index in [-0.39, 0.29) is 16.9 Å². The standard InChI is InChI=1S/C11H17N5O/c1-11(2,3)5-4-6-13-7-8(14-6)15-10(12)16-9(7)17/h4-5H2,1-3H3,(H4,12,13,14,15,16,17). The van der Waals surface area contributed by atoms with Crippen LogP contribution in [0.4, 0.5) is 5.95 Å². The van der Waals surface area contributed by atoms with Gasteiger partial charge in [0.15, 0.2) is 11.2 Å². The molecule has 4 N–H and O–H groups in total. The summed E-state index contributed by atoms with van der Waals surface area (Å²) in [5, 5.41) is 0. The van der Waals surface area contributed by atoms with Crippen molar-refractivity contribution in [2.24, 2.45) is 5.41 Å². The zero-order valence-corrected chi connectivity index (χ0v) is 10.3. The lowest BCUT2D eigenvalue weighted by atomic mass is 9.90. The molecule has 2 rings (SSSR count). The van der Waals surface area contributed by atoms with E-state index in [2.05, 4.69) is 40.7 Å². The first kappa shape index (κ1) is 11.6. The first-order chi connectivity index (χ1) is 7.85. The SMILES string of the molecule is CC(C)(C)CCc1nc2nc(N)[nH]c(=O)c2[nH]1. The van der Waals surface area contributed by atoms with Gasteiger partial charge in [0.05, 0.1) is 0 Å². The second-order valence-electron chi connectivity index (χ2n) is 5.39. The van der Waals surface area contributed by atoms with Crippen LogP contribution in [-0.2, 0) is 6.42 Å². The number of rotatable bonds is 2. The molecule has 0 fully saturated rings. The molecule has 17 heavy (non-hydrogen) atoms. The summed E-state index contributed by atoms with van der Waals surface area (Å²) in [6, 6.07) is 0. The molecule has 92 valence electrons. The molecule has 0 unspecified atom stereocenters. The Kier molecular flexibility index (Phi) is 2.65. The second kappa shape index (κ2) is 3.87. The monoisotopic (exact) mass is 235 g/mol. The maximum atomic E-state index is 11.6. The molecule has 0 radical (unpaired) electrons. The Hall–Kier alpha value is -1.85. The number of hydrogen-bond donors (Lipinski definition) is 3. The normalized spacial score (nSPS) is 12.2. The van der Waals surface area contributed by atoms with Crippen LogP contribution in [0.2, 0.25) is 0 Å². The number of aromatic nitrogens is 4. The van der Waals surface area contributed by atoms with Crippen molar-refractivity contribution in [3.8, 4) is 0 Å². The molecule has 6 nitrogen and oxygen atoms in total. The third-order valence-electron chi connectivity index (χ3n) is 2.54. The number of nitrogens with zero attached hydrogens (tertiary/aromatic N) is 2. The molecule has 0 aliphatic carbocycles. The van der Waals surface area contributed by atoms with Gasteiger partial charge in [-0.25, -0.2) is 4.98 Å². The highest BCUT2D eigenvalue weighted by Crippen LogP contribution is 2.20. The molecule has 6 heteroatoms. The molecule has 0 aromatic carbocycles. The van der Waals surface area contributed by atoms with Crippen LogP contribution >= 0.6 is 0 Å². The highest BCUT2D eigenvalue weighted by Gasteiger charge is 2.13. The van der Waals surface area contributed by atoms with Crippen molar-refractivity contribution in [1.82, 2.24) is 19.9 Å². The quantitative estimate of drug-likeness (QED) is 0.728. The van der Waals surface area contributed by atoms with Gasteiger partial charge in [0.2, 0.25) is 5.95 Å². The van der Waals surface area contributed by atoms with Gasteiger partial charge in [-0.05, 0) is 11.8 Å². The number of anilines is 1. The summed E-state index contributed by atoms with van der Waals surface area (Å²) in [5.74, 6) is 0.870. The summed E-state index contributed by atoms with van der Waals surface area (Å²) in [4.78, 5) is 25.2. The molecule has 0 saturated carbocycles. The highest BCUT2D eigenvalue weighted by atomic mass is 16.1. The number of aryl methyl sites for hydroxylation is 1. The van der Waals surface area contributed by atoms with Gasteiger partial charge < -0.3 is 10.7 Å². The predicted octanol–water partition coefficient (Wildman–Crippen LogP) is 1.21. The minimum Gasteiger partial charge on any atom is -0.369 e. The summed E-state index contributed by atoms with van der Waals surface area (Å²) < 4.78 is 0. The minimum absolute atomic E-state index is 0.0939. The third-order valence-corrected chi connectivity index (χ3v) is 2.54. The third kappa shape index (κ3) is 2.64. The molecular formula is C11H17N5O. The minimum atomic E-state index is -0.276. The molecule has 2 aromatic heterocycles. The summed E-state index contributed by atoms with van der Waals surface area (Å²) in [7, 11) is 0. The van der Waals surface area contributed by atoms with Crippen molar-refractivity contribution in [2.45, 2.75) is 33.6 Å². The van der Waals surface area contributed by atoms with Crippen molar-refractivity contribution >= 4 is 17.1 Å². The van der Waals surface area contributed by atoms with E-state index >= 15 is 0 Å². The van der Waals surface area contributed by atoms with Crippen molar-refractivity contribution in [3.05, 3.63) is 16.2 Å². The Labute approximate surface area is 98.7 Å². The van der Waals surface area contributed by atoms with Gasteiger partial charge in [0.25, 0.3) is 5.56 Å². The number of aromatic amines is 2. The number of nitrogens with two attached hydrogens (primary N) is 1. The van der Waals surface area contributed by atoms with E-state index in [1.54, 1.807) is 0 Å². The average molecular weight is 235 g/mol. The predicted molar refractivity (Wildman–Crippen MR) is 66.7 cm³/mol. The molecule has 0 aliphatic heterocycles. The largest absolute Gasteiger partial charge is 0.369 e. The second-order valence-corrected chi connectivity index (χ2v) is 5.39. The maximum absolute atomic E-state index is 11.6. The van der Waals surface area contributed by atoms with Crippen LogP contribution in [0.25, 0.3) is 11.2 Å². The number of fused-ring (bicyclic) bond motifs is 1. The van der Waals surface area contributed by atoms with Gasteiger partial charge in [0.1, 0.15) is 5.82 Å². The Morgan fingerprint density at radius 2 is 1.94 bits per heavy atom. The first-order valence-electron chi connectivity index (χ1n) is 5.59. The van der Waals surface area contributed by atoms with Crippen LogP contribution in [0.5, 0.6) is 0 Å². The van der Waals surface area contributed by atoms with Gasteiger partial charge in [0, 0.05) is 6.42 Å². The van der Waals surface area contributed by atoms with Crippen LogP contribution in [-0.4, -0.2) is 19.9 Å². The zero-order chi connectivity index (χ0) is 12.6. The van der Waals surface area contributed by atoms with Crippen molar-refractivity contribution in [1.29, 1.82) is 0 Å². The van der Waals surface area contributed by atoms with Crippen LogP contribution in [0.1, 0.15) is 33.0 Å². The number of hydrogen-bond acceptors (Lipinski definition) is 4. The number of nitrogens with one attached hydrogen (secondary N) is 2. The topological polar surface area (TPSA) is 100 Å². The Balaban J connectivity index is 2.32. The number of nitrogen functional groups attached to an aromatic ring is 1. The summed E-state index contributed by atoms with van der Waals surface area (Å²) in [6.07, 6.45) is 1.78. The molecule has 2 aromatic rings. The smallest absolute Gasteiger partial charge is 0.278 e. The van der Waals surface area contributed by atoms with E-state index in [1.807, 2.05) is 0 Å². The van der Waals surface area contributed by atoms with E-state index in [4.69, 9.17) is 5.73 Å². The highest BCUT2D eigenvalue weighted by molar-refractivity contribution is 5.70. The van der Waals surface area contributed by atoms with Gasteiger partial charge in [-0.1, -0.05) is 20.8 Å². The molecular weight excluding hydrogens is 218 g/mol. The van der Waals surface area contributed by atoms with Gasteiger partial charge in [-0.15, -0.1) is 0 Å². The molecule has 0 aliphatic rings. The van der Waals surface area contributed by atoms with Crippen LogP contribution in [0.3, 0.4) is 0 Å². The van der Waals surface area contributed by atoms with E-state index < -0.39 is 0 Å². The maximum Gasteiger partial charge on any atom is 0.278 e. The van der Waals surface area contributed by atoms with Crippen molar-refractivity contribution in [3.63, 3.8) is 0 Å². The molecule has 0 atom stereocenters. The average Bonchev–Trinajstić information content (AvgIpc) is 2.56. The Bertz CT molecular complexity index is 590. The van der Waals surface area contributed by atoms with Crippen LogP contribution in [0.15, 0.2) is 4.79 Å². The molecule has 0 amide bonds. The Morgan fingerprint density at radius 1 is 1.24 bits per heavy atom. The first-order valence-corrected chi connectivity index (χ1v) is 5.59. The fraction of sp³-hybridized carbons (Fsp3) is 0.545. The Morgan fingerprint density at radius 3 is 2.59 bits per heavy atom. The fourth-order valence-electron chi connectivity index (χ4n) is 1.58. The van der Waals surface area contributed by atoms with Crippen molar-refractivity contribution < 1.29 is 0 Å². The number of imidazole rings is 1. The van der Waals surface area contributed by atoms with Crippen molar-refractivity contribution in [2.75, 3.05) is 5.73 Å². The zero-order valence-electron chi connectivity index (χ0n) is 10.3. The van der Waals surface area contributed by atoms with E-state index in [0.717, 1.165) is 18.7 Å².